The highest BCUT2D eigenvalue weighted by Crippen LogP contribution is 2.46. The molecule has 2 unspecified atom stereocenters. The van der Waals surface area contributed by atoms with Crippen LogP contribution in [0.4, 0.5) is 0 Å². The second-order valence-corrected chi connectivity index (χ2v) is 9.99. The van der Waals surface area contributed by atoms with E-state index in [1.807, 2.05) is 6.07 Å². The maximum Gasteiger partial charge on any atom is 0.211 e. The van der Waals surface area contributed by atoms with Crippen molar-refractivity contribution in [3.05, 3.63) is 58.3 Å². The largest absolute Gasteiger partial charge is 0.297 e. The molecule has 2 saturated heterocycles. The Morgan fingerprint density at radius 1 is 1.16 bits per heavy atom. The van der Waals surface area contributed by atoms with Gasteiger partial charge in [-0.3, -0.25) is 4.90 Å². The fourth-order valence-corrected chi connectivity index (χ4v) is 6.40. The monoisotopic (exact) mass is 376 g/mol. The summed E-state index contributed by atoms with van der Waals surface area (Å²) < 4.78 is 26.5. The van der Waals surface area contributed by atoms with Gasteiger partial charge < -0.3 is 0 Å². The molecular formula is C19H24N2O2S2. The van der Waals surface area contributed by atoms with Crippen LogP contribution in [0.5, 0.6) is 0 Å². The second-order valence-electron chi connectivity index (χ2n) is 7.28. The Hall–Kier alpha value is -1.21. The zero-order valence-electron chi connectivity index (χ0n) is 14.5. The quantitative estimate of drug-likeness (QED) is 0.824. The van der Waals surface area contributed by atoms with E-state index in [0.717, 1.165) is 32.5 Å². The van der Waals surface area contributed by atoms with Crippen LogP contribution in [0.3, 0.4) is 0 Å². The number of sulfonamides is 1. The summed E-state index contributed by atoms with van der Waals surface area (Å²) in [5.74, 6) is 0. The molecule has 134 valence electrons. The first kappa shape index (κ1) is 17.2. The summed E-state index contributed by atoms with van der Waals surface area (Å²) in [6, 6.07) is 12.7. The van der Waals surface area contributed by atoms with E-state index in [0.29, 0.717) is 6.54 Å². The lowest BCUT2D eigenvalue weighted by molar-refractivity contribution is 0.111. The van der Waals surface area contributed by atoms with Crippen LogP contribution in [0, 0.1) is 0 Å². The number of piperidine rings is 1. The van der Waals surface area contributed by atoms with Crippen LogP contribution < -0.4 is 0 Å². The van der Waals surface area contributed by atoms with Crippen LogP contribution in [-0.2, 0) is 22.0 Å². The maximum absolute atomic E-state index is 12.4. The second kappa shape index (κ2) is 6.50. The lowest BCUT2D eigenvalue weighted by Gasteiger charge is -2.46. The van der Waals surface area contributed by atoms with Crippen molar-refractivity contribution in [3.63, 3.8) is 0 Å². The molecule has 2 atom stereocenters. The molecule has 0 radical (unpaired) electrons. The highest BCUT2D eigenvalue weighted by molar-refractivity contribution is 7.88. The van der Waals surface area contributed by atoms with E-state index < -0.39 is 10.0 Å². The van der Waals surface area contributed by atoms with Crippen molar-refractivity contribution < 1.29 is 8.42 Å². The summed E-state index contributed by atoms with van der Waals surface area (Å²) in [5, 5.41) is 4.29. The Kier molecular flexibility index (Phi) is 4.48. The number of hydrogen-bond acceptors (Lipinski definition) is 4. The molecule has 2 aliphatic heterocycles. The average Bonchev–Trinajstić information content (AvgIpc) is 3.23. The molecule has 4 nitrogen and oxygen atoms in total. The molecule has 2 aliphatic rings. The Balaban J connectivity index is 1.66. The number of nitrogens with zero attached hydrogens (tertiary/aromatic N) is 2. The molecule has 0 aliphatic carbocycles. The van der Waals surface area contributed by atoms with Crippen LogP contribution in [0.1, 0.15) is 24.0 Å². The van der Waals surface area contributed by atoms with E-state index in [1.54, 1.807) is 15.6 Å². The summed E-state index contributed by atoms with van der Waals surface area (Å²) in [6.07, 6.45) is 3.28. The molecule has 0 saturated carbocycles. The fourth-order valence-electron chi connectivity index (χ4n) is 4.59. The molecule has 2 aromatic rings. The van der Waals surface area contributed by atoms with Gasteiger partial charge in [0.2, 0.25) is 10.0 Å². The zero-order chi connectivity index (χ0) is 17.5. The van der Waals surface area contributed by atoms with E-state index in [1.165, 1.54) is 17.4 Å². The van der Waals surface area contributed by atoms with Gasteiger partial charge in [0.1, 0.15) is 0 Å². The highest BCUT2D eigenvalue weighted by Gasteiger charge is 2.53. The third-order valence-electron chi connectivity index (χ3n) is 5.83. The van der Waals surface area contributed by atoms with Crippen molar-refractivity contribution in [2.24, 2.45) is 0 Å². The van der Waals surface area contributed by atoms with E-state index in [-0.39, 0.29) is 11.5 Å². The molecule has 1 aromatic carbocycles. The van der Waals surface area contributed by atoms with Gasteiger partial charge in [-0.25, -0.2) is 8.42 Å². The molecule has 0 bridgehead atoms. The average molecular weight is 377 g/mol. The number of hydrogen-bond donors (Lipinski definition) is 0. The van der Waals surface area contributed by atoms with Gasteiger partial charge in [0.05, 0.1) is 6.26 Å². The first-order chi connectivity index (χ1) is 12.0. The normalized spacial score (nSPS) is 28.1. The van der Waals surface area contributed by atoms with Crippen LogP contribution in [0.15, 0.2) is 47.2 Å². The van der Waals surface area contributed by atoms with Gasteiger partial charge in [0.25, 0.3) is 0 Å². The standard InChI is InChI=1S/C19H24N2O2S2/c1-25(22,23)21-11-9-19(17-5-3-2-4-6-17)8-10-20(14-18(19)21)13-16-7-12-24-15-16/h2-7,12,15,18H,8-11,13-14H2,1H3. The van der Waals surface area contributed by atoms with Crippen LogP contribution >= 0.6 is 11.3 Å². The smallest absolute Gasteiger partial charge is 0.211 e. The Morgan fingerprint density at radius 2 is 1.92 bits per heavy atom. The number of thiophene rings is 1. The minimum atomic E-state index is -3.20. The van der Waals surface area contributed by atoms with Gasteiger partial charge in [-0.1, -0.05) is 30.3 Å². The van der Waals surface area contributed by atoms with Crippen molar-refractivity contribution in [2.75, 3.05) is 25.9 Å². The topological polar surface area (TPSA) is 40.6 Å². The highest BCUT2D eigenvalue weighted by atomic mass is 32.2. The minimum Gasteiger partial charge on any atom is -0.297 e. The Labute approximate surface area is 154 Å². The molecular weight excluding hydrogens is 352 g/mol. The van der Waals surface area contributed by atoms with E-state index in [9.17, 15) is 8.42 Å². The first-order valence-electron chi connectivity index (χ1n) is 8.75. The predicted molar refractivity (Wildman–Crippen MR) is 102 cm³/mol. The van der Waals surface area contributed by atoms with Crippen LogP contribution in [-0.4, -0.2) is 49.6 Å². The fraction of sp³-hybridized carbons (Fsp3) is 0.474. The van der Waals surface area contributed by atoms with Crippen molar-refractivity contribution in [2.45, 2.75) is 30.8 Å². The Bertz CT molecular complexity index is 820. The Morgan fingerprint density at radius 3 is 2.60 bits per heavy atom. The summed E-state index contributed by atoms with van der Waals surface area (Å²) in [7, 11) is -3.20. The lowest BCUT2D eigenvalue weighted by atomic mass is 9.69. The third-order valence-corrected chi connectivity index (χ3v) is 7.85. The molecule has 1 aromatic heterocycles. The van der Waals surface area contributed by atoms with Gasteiger partial charge in [0, 0.05) is 31.1 Å². The van der Waals surface area contributed by atoms with Crippen molar-refractivity contribution in [1.29, 1.82) is 0 Å². The minimum absolute atomic E-state index is 0.0253. The van der Waals surface area contributed by atoms with Crippen molar-refractivity contribution >= 4 is 21.4 Å². The lowest BCUT2D eigenvalue weighted by Crippen LogP contribution is -2.56. The zero-order valence-corrected chi connectivity index (χ0v) is 16.1. The van der Waals surface area contributed by atoms with Gasteiger partial charge in [-0.15, -0.1) is 0 Å². The van der Waals surface area contributed by atoms with Gasteiger partial charge in [0.15, 0.2) is 0 Å². The van der Waals surface area contributed by atoms with E-state index in [2.05, 4.69) is 46.0 Å². The van der Waals surface area contributed by atoms with Gasteiger partial charge >= 0.3 is 0 Å². The SMILES string of the molecule is CS(=O)(=O)N1CCC2(c3ccccc3)CCN(Cc3ccsc3)CC12. The van der Waals surface area contributed by atoms with Crippen LogP contribution in [0.2, 0.25) is 0 Å². The molecule has 0 spiro atoms. The maximum atomic E-state index is 12.4. The van der Waals surface area contributed by atoms with Crippen molar-refractivity contribution in [1.82, 2.24) is 9.21 Å². The summed E-state index contributed by atoms with van der Waals surface area (Å²) in [4.78, 5) is 2.41. The van der Waals surface area contributed by atoms with E-state index >= 15 is 0 Å². The third kappa shape index (κ3) is 3.16. The van der Waals surface area contributed by atoms with Gasteiger partial charge in [-0.2, -0.15) is 15.6 Å². The molecule has 4 rings (SSSR count). The summed E-state index contributed by atoms with van der Waals surface area (Å²) in [5.41, 5.74) is 2.57. The first-order valence-corrected chi connectivity index (χ1v) is 11.5. The number of benzene rings is 1. The molecule has 3 heterocycles. The van der Waals surface area contributed by atoms with Crippen LogP contribution in [0.25, 0.3) is 0 Å². The number of fused-ring (bicyclic) bond motifs is 1. The molecule has 25 heavy (non-hydrogen) atoms. The molecule has 0 N–H and O–H groups in total. The van der Waals surface area contributed by atoms with E-state index in [4.69, 9.17) is 0 Å². The summed E-state index contributed by atoms with van der Waals surface area (Å²) in [6.45, 7) is 3.35. The molecule has 0 amide bonds. The molecule has 2 fully saturated rings. The molecule has 6 heteroatoms. The van der Waals surface area contributed by atoms with Crippen molar-refractivity contribution in [3.8, 4) is 0 Å². The predicted octanol–water partition coefficient (Wildman–Crippen LogP) is 2.93. The number of rotatable bonds is 4. The summed E-state index contributed by atoms with van der Waals surface area (Å²) >= 11 is 1.72. The number of likely N-dealkylation sites (tertiary alicyclic amines) is 1. The van der Waals surface area contributed by atoms with Gasteiger partial charge in [-0.05, 0) is 47.3 Å².